The number of rotatable bonds is 6. The highest BCUT2D eigenvalue weighted by Crippen LogP contribution is 2.48. The molecule has 4 aromatic carbocycles. The number of ether oxygens (including phenoxy) is 1. The predicted molar refractivity (Wildman–Crippen MR) is 148 cm³/mol. The zero-order valence-electron chi connectivity index (χ0n) is 21.1. The highest BCUT2D eigenvalue weighted by Gasteiger charge is 2.60. The van der Waals surface area contributed by atoms with Crippen LogP contribution in [0.15, 0.2) is 103 Å². The van der Waals surface area contributed by atoms with Gasteiger partial charge in [-0.05, 0) is 60.2 Å². The summed E-state index contributed by atoms with van der Waals surface area (Å²) in [4.78, 5) is 57.8. The van der Waals surface area contributed by atoms with Gasteiger partial charge in [-0.1, -0.05) is 48.0 Å². The van der Waals surface area contributed by atoms with Gasteiger partial charge < -0.3 is 4.74 Å². The van der Waals surface area contributed by atoms with Gasteiger partial charge in [-0.2, -0.15) is 0 Å². The van der Waals surface area contributed by atoms with Crippen LogP contribution in [0.4, 0.5) is 17.1 Å². The van der Waals surface area contributed by atoms with Crippen molar-refractivity contribution < 1.29 is 28.9 Å². The second kappa shape index (κ2) is 10.5. The van der Waals surface area contributed by atoms with Crippen LogP contribution in [0.5, 0.6) is 5.75 Å². The van der Waals surface area contributed by atoms with Crippen molar-refractivity contribution in [2.24, 2.45) is 5.92 Å². The van der Waals surface area contributed by atoms with E-state index in [2.05, 4.69) is 0 Å². The smallest absolute Gasteiger partial charge is 0.343 e. The second-order valence-electron chi connectivity index (χ2n) is 9.41. The van der Waals surface area contributed by atoms with E-state index in [4.69, 9.17) is 21.2 Å². The zero-order valence-corrected chi connectivity index (χ0v) is 21.9. The summed E-state index contributed by atoms with van der Waals surface area (Å²) in [5.41, 5.74) is 1.44. The molecule has 0 radical (unpaired) electrons. The maximum Gasteiger partial charge on any atom is 0.343 e. The van der Waals surface area contributed by atoms with E-state index in [-0.39, 0.29) is 11.4 Å². The van der Waals surface area contributed by atoms with Crippen LogP contribution >= 0.6 is 11.6 Å². The lowest BCUT2D eigenvalue weighted by atomic mass is 9.90. The Balaban J connectivity index is 1.35. The third-order valence-corrected chi connectivity index (χ3v) is 7.19. The highest BCUT2D eigenvalue weighted by atomic mass is 35.5. The monoisotopic (exact) mass is 569 g/mol. The highest BCUT2D eigenvalue weighted by molar-refractivity contribution is 6.31. The molecule has 11 heteroatoms. The molecule has 204 valence electrons. The van der Waals surface area contributed by atoms with Gasteiger partial charge in [0, 0.05) is 17.2 Å². The van der Waals surface area contributed by atoms with Crippen LogP contribution in [0.3, 0.4) is 0 Å². The van der Waals surface area contributed by atoms with Crippen LogP contribution in [-0.2, 0) is 14.4 Å². The van der Waals surface area contributed by atoms with Crippen molar-refractivity contribution in [3.8, 4) is 5.75 Å². The average molecular weight is 570 g/mol. The number of benzene rings is 4. The molecular formula is C30H20ClN3O7. The van der Waals surface area contributed by atoms with Gasteiger partial charge in [-0.3, -0.25) is 24.5 Å². The number of non-ortho nitro benzene ring substituents is 1. The Morgan fingerprint density at radius 1 is 0.854 bits per heavy atom. The molecule has 2 amide bonds. The summed E-state index contributed by atoms with van der Waals surface area (Å²) in [5, 5.41) is 13.3. The summed E-state index contributed by atoms with van der Waals surface area (Å²) in [5.74, 6) is -2.27. The number of amides is 2. The largest absolute Gasteiger partial charge is 0.423 e. The quantitative estimate of drug-likeness (QED) is 0.0979. The van der Waals surface area contributed by atoms with Crippen molar-refractivity contribution in [1.82, 2.24) is 0 Å². The number of carbonyl (C=O) groups excluding carboxylic acids is 3. The molecule has 2 aliphatic rings. The average Bonchev–Trinajstić information content (AvgIpc) is 3.50. The predicted octanol–water partition coefficient (Wildman–Crippen LogP) is 5.52. The van der Waals surface area contributed by atoms with Crippen LogP contribution in [-0.4, -0.2) is 28.8 Å². The topological polar surface area (TPSA) is 119 Å². The first-order valence-electron chi connectivity index (χ1n) is 12.5. The number of nitro benzene ring substituents is 1. The number of hydrogen-bond donors (Lipinski definition) is 0. The van der Waals surface area contributed by atoms with Gasteiger partial charge in [0.1, 0.15) is 11.7 Å². The number of halogens is 1. The van der Waals surface area contributed by atoms with Crippen LogP contribution in [0, 0.1) is 16.0 Å². The first-order valence-corrected chi connectivity index (χ1v) is 12.9. The fraction of sp³-hybridized carbons (Fsp3) is 0.100. The summed E-state index contributed by atoms with van der Waals surface area (Å²) < 4.78 is 5.48. The second-order valence-corrected chi connectivity index (χ2v) is 9.85. The summed E-state index contributed by atoms with van der Waals surface area (Å²) in [7, 11) is 0. The van der Waals surface area contributed by atoms with E-state index in [1.807, 2.05) is 0 Å². The SMILES string of the molecule is O=C(Oc1ccc([C@@H]2[C@H]3C(=O)N(c4ccc(Cl)cc4)C(=O)[C@H]3ON2c2cccc([N+](=O)[O-])c2)cc1)c1ccccc1. The summed E-state index contributed by atoms with van der Waals surface area (Å²) in [6.07, 6.45) is -1.17. The lowest BCUT2D eigenvalue weighted by Gasteiger charge is -2.28. The molecule has 2 saturated heterocycles. The lowest BCUT2D eigenvalue weighted by molar-refractivity contribution is -0.384. The van der Waals surface area contributed by atoms with E-state index < -0.39 is 40.8 Å². The molecule has 4 aromatic rings. The fourth-order valence-corrected chi connectivity index (χ4v) is 5.16. The zero-order chi connectivity index (χ0) is 28.7. The van der Waals surface area contributed by atoms with Crippen molar-refractivity contribution in [2.75, 3.05) is 9.96 Å². The van der Waals surface area contributed by atoms with Crippen LogP contribution in [0.2, 0.25) is 5.02 Å². The Morgan fingerprint density at radius 3 is 2.24 bits per heavy atom. The molecule has 0 N–H and O–H groups in total. The van der Waals surface area contributed by atoms with E-state index in [1.54, 1.807) is 84.9 Å². The standard InChI is InChI=1S/C30H20ClN3O7/c31-20-11-13-21(14-12-20)32-28(35)25-26(18-9-15-24(16-10-18)40-30(37)19-5-2-1-3-6-19)33(41-27(25)29(32)36)22-7-4-8-23(17-22)34(38)39/h1-17,25-27H/t25-,26-,27+/m1/s1. The molecule has 10 nitrogen and oxygen atoms in total. The number of fused-ring (bicyclic) bond motifs is 1. The van der Waals surface area contributed by atoms with Crippen molar-refractivity contribution in [1.29, 1.82) is 0 Å². The van der Waals surface area contributed by atoms with Gasteiger partial charge in [0.25, 0.3) is 11.6 Å². The van der Waals surface area contributed by atoms with Gasteiger partial charge in [0.15, 0.2) is 6.10 Å². The summed E-state index contributed by atoms with van der Waals surface area (Å²) >= 11 is 5.99. The molecule has 0 unspecified atom stereocenters. The molecule has 0 aromatic heterocycles. The molecule has 0 bridgehead atoms. The number of esters is 1. The Morgan fingerprint density at radius 2 is 1.56 bits per heavy atom. The van der Waals surface area contributed by atoms with Gasteiger partial charge in [0.2, 0.25) is 5.91 Å². The molecule has 0 spiro atoms. The molecule has 2 aliphatic heterocycles. The minimum Gasteiger partial charge on any atom is -0.423 e. The first-order chi connectivity index (χ1) is 19.8. The van der Waals surface area contributed by atoms with Crippen molar-refractivity contribution in [2.45, 2.75) is 12.1 Å². The number of hydroxylamine groups is 1. The minimum absolute atomic E-state index is 0.175. The minimum atomic E-state index is -1.17. The molecule has 2 heterocycles. The van der Waals surface area contributed by atoms with E-state index >= 15 is 0 Å². The van der Waals surface area contributed by atoms with Gasteiger partial charge in [-0.25, -0.2) is 14.8 Å². The molecular weight excluding hydrogens is 550 g/mol. The number of imide groups is 1. The molecule has 0 aliphatic carbocycles. The van der Waals surface area contributed by atoms with Gasteiger partial charge >= 0.3 is 5.97 Å². The van der Waals surface area contributed by atoms with Crippen LogP contribution < -0.4 is 14.7 Å². The maximum atomic E-state index is 13.8. The molecule has 0 saturated carbocycles. The van der Waals surface area contributed by atoms with Crippen LogP contribution in [0.25, 0.3) is 0 Å². The molecule has 6 rings (SSSR count). The van der Waals surface area contributed by atoms with Crippen molar-refractivity contribution in [3.05, 3.63) is 129 Å². The van der Waals surface area contributed by atoms with Crippen molar-refractivity contribution >= 4 is 46.4 Å². The number of hydrogen-bond acceptors (Lipinski definition) is 8. The van der Waals surface area contributed by atoms with Crippen LogP contribution in [0.1, 0.15) is 22.0 Å². The Bertz CT molecular complexity index is 1660. The maximum absolute atomic E-state index is 13.8. The van der Waals surface area contributed by atoms with E-state index in [0.29, 0.717) is 27.5 Å². The number of carbonyl (C=O) groups is 3. The Hall–Kier alpha value is -5.06. The molecule has 41 heavy (non-hydrogen) atoms. The number of nitrogens with zero attached hydrogens (tertiary/aromatic N) is 3. The molecule has 3 atom stereocenters. The van der Waals surface area contributed by atoms with Gasteiger partial charge in [-0.15, -0.1) is 0 Å². The summed E-state index contributed by atoms with van der Waals surface area (Å²) in [6.45, 7) is 0. The summed E-state index contributed by atoms with van der Waals surface area (Å²) in [6, 6.07) is 26.2. The Labute approximate surface area is 238 Å². The fourth-order valence-electron chi connectivity index (χ4n) is 5.04. The third-order valence-electron chi connectivity index (χ3n) is 6.94. The first kappa shape index (κ1) is 26.2. The number of anilines is 2. The van der Waals surface area contributed by atoms with Crippen molar-refractivity contribution in [3.63, 3.8) is 0 Å². The Kier molecular flexibility index (Phi) is 6.70. The number of nitro groups is 1. The van der Waals surface area contributed by atoms with E-state index in [9.17, 15) is 24.5 Å². The lowest BCUT2D eigenvalue weighted by Crippen LogP contribution is -2.37. The normalized spacial score (nSPS) is 19.8. The van der Waals surface area contributed by atoms with E-state index in [0.717, 1.165) is 4.90 Å². The third kappa shape index (κ3) is 4.79. The van der Waals surface area contributed by atoms with Gasteiger partial charge in [0.05, 0.1) is 27.9 Å². The van der Waals surface area contributed by atoms with E-state index in [1.165, 1.54) is 23.3 Å². The molecule has 2 fully saturated rings.